The maximum absolute atomic E-state index is 9.00. The van der Waals surface area contributed by atoms with Crippen LogP contribution in [0.2, 0.25) is 0 Å². The minimum Gasteiger partial charge on any atom is -0.508 e. The molecule has 3 N–H and O–H groups in total. The monoisotopic (exact) mass is 229 g/mol. The molecule has 1 aromatic rings. The molecule has 0 aliphatic heterocycles. The molecule has 0 aliphatic rings. The number of hydroxylamine groups is 2. The van der Waals surface area contributed by atoms with Gasteiger partial charge in [-0.15, -0.1) is 0 Å². The van der Waals surface area contributed by atoms with E-state index < -0.39 is 0 Å². The van der Waals surface area contributed by atoms with Gasteiger partial charge in [0.05, 0.1) is 7.11 Å². The third kappa shape index (κ3) is 5.43. The van der Waals surface area contributed by atoms with Crippen LogP contribution in [0.15, 0.2) is 18.2 Å². The lowest BCUT2D eigenvalue weighted by atomic mass is 10.3. The predicted molar refractivity (Wildman–Crippen MR) is 61.0 cm³/mol. The molecule has 0 aromatic heterocycles. The number of nitrogens with zero attached hydrogens (tertiary/aromatic N) is 1. The molecule has 0 heterocycles. The van der Waals surface area contributed by atoms with E-state index in [1.807, 2.05) is 13.8 Å². The van der Waals surface area contributed by atoms with Crippen LogP contribution in [0.5, 0.6) is 17.2 Å². The highest BCUT2D eigenvalue weighted by molar-refractivity contribution is 5.43. The summed E-state index contributed by atoms with van der Waals surface area (Å²) in [6, 6.07) is 4.10. The number of aromatic hydroxyl groups is 2. The number of methoxy groups -OCH3 is 1. The van der Waals surface area contributed by atoms with Crippen LogP contribution < -0.4 is 4.74 Å². The third-order valence-electron chi connectivity index (χ3n) is 1.89. The molecule has 0 saturated carbocycles. The maximum Gasteiger partial charge on any atom is 0.164 e. The summed E-state index contributed by atoms with van der Waals surface area (Å²) < 4.78 is 4.72. The van der Waals surface area contributed by atoms with Gasteiger partial charge in [-0.2, -0.15) is 5.06 Å². The van der Waals surface area contributed by atoms with Gasteiger partial charge in [0.15, 0.2) is 11.5 Å². The minimum atomic E-state index is 0.0281. The van der Waals surface area contributed by atoms with Crippen molar-refractivity contribution in [2.24, 2.45) is 0 Å². The first kappa shape index (κ1) is 14.5. The van der Waals surface area contributed by atoms with Crippen LogP contribution in [0.4, 0.5) is 0 Å². The minimum absolute atomic E-state index is 0.0281. The Balaban J connectivity index is 0.000000325. The van der Waals surface area contributed by atoms with Crippen molar-refractivity contribution >= 4 is 0 Å². The molecule has 0 aliphatic carbocycles. The van der Waals surface area contributed by atoms with Gasteiger partial charge in [-0.3, -0.25) is 0 Å². The van der Waals surface area contributed by atoms with Crippen molar-refractivity contribution in [3.63, 3.8) is 0 Å². The molecule has 0 radical (unpaired) electrons. The maximum atomic E-state index is 9.00. The normalized spacial score (nSPS) is 9.56. The summed E-state index contributed by atoms with van der Waals surface area (Å²) in [5.74, 6) is 0.384. The highest BCUT2D eigenvalue weighted by atomic mass is 16.5. The van der Waals surface area contributed by atoms with Crippen molar-refractivity contribution in [1.29, 1.82) is 0 Å². The summed E-state index contributed by atoms with van der Waals surface area (Å²) in [4.78, 5) is 0. The quantitative estimate of drug-likeness (QED) is 0.544. The van der Waals surface area contributed by atoms with Gasteiger partial charge in [-0.25, -0.2) is 0 Å². The van der Waals surface area contributed by atoms with E-state index in [1.54, 1.807) is 0 Å². The van der Waals surface area contributed by atoms with Crippen LogP contribution >= 0.6 is 0 Å². The number of ether oxygens (including phenoxy) is 1. The second kappa shape index (κ2) is 7.78. The number of hydrogen-bond acceptors (Lipinski definition) is 5. The van der Waals surface area contributed by atoms with E-state index in [4.69, 9.17) is 20.2 Å². The van der Waals surface area contributed by atoms with E-state index in [-0.39, 0.29) is 17.2 Å². The predicted octanol–water partition coefficient (Wildman–Crippen LogP) is 1.82. The molecule has 0 saturated heterocycles. The van der Waals surface area contributed by atoms with Crippen LogP contribution in [-0.2, 0) is 0 Å². The average Bonchev–Trinajstić information content (AvgIpc) is 2.32. The Morgan fingerprint density at radius 2 is 1.75 bits per heavy atom. The number of phenols is 2. The van der Waals surface area contributed by atoms with Crippen molar-refractivity contribution in [3.8, 4) is 17.2 Å². The van der Waals surface area contributed by atoms with Crippen molar-refractivity contribution < 1.29 is 20.2 Å². The SMILES string of the molecule is CCN(O)CC.COc1cc(O)ccc1O. The zero-order chi connectivity index (χ0) is 12.6. The standard InChI is InChI=1S/C7H8O3.C4H11NO/c1-10-7-4-5(8)2-3-6(7)9;1-3-5(6)4-2/h2-4,8-9H,1H3;6H,3-4H2,1-2H3. The third-order valence-corrected chi connectivity index (χ3v) is 1.89. The lowest BCUT2D eigenvalue weighted by molar-refractivity contribution is -0.0813. The van der Waals surface area contributed by atoms with Crippen LogP contribution in [0, 0.1) is 0 Å². The Kier molecular flexibility index (Phi) is 7.07. The molecule has 0 bridgehead atoms. The first-order chi connectivity index (χ1) is 7.54. The molecule has 1 aromatic carbocycles. The van der Waals surface area contributed by atoms with E-state index in [2.05, 4.69) is 0 Å². The number of phenolic OH excluding ortho intramolecular Hbond substituents is 2. The highest BCUT2D eigenvalue weighted by Crippen LogP contribution is 2.28. The van der Waals surface area contributed by atoms with Crippen molar-refractivity contribution in [3.05, 3.63) is 18.2 Å². The fourth-order valence-electron chi connectivity index (χ4n) is 0.890. The Bertz CT molecular complexity index is 300. The summed E-state index contributed by atoms with van der Waals surface area (Å²) in [5, 5.41) is 27.6. The fourth-order valence-corrected chi connectivity index (χ4v) is 0.890. The topological polar surface area (TPSA) is 73.2 Å². The van der Waals surface area contributed by atoms with Gasteiger partial charge in [-0.1, -0.05) is 13.8 Å². The smallest absolute Gasteiger partial charge is 0.164 e. The molecule has 1 rings (SSSR count). The molecule has 0 atom stereocenters. The fraction of sp³-hybridized carbons (Fsp3) is 0.455. The first-order valence-corrected chi connectivity index (χ1v) is 5.04. The van der Waals surface area contributed by atoms with Crippen LogP contribution in [0.3, 0.4) is 0 Å². The second-order valence-corrected chi connectivity index (χ2v) is 3.00. The lowest BCUT2D eigenvalue weighted by Crippen LogP contribution is -2.16. The Labute approximate surface area is 95.5 Å². The Morgan fingerprint density at radius 1 is 1.19 bits per heavy atom. The summed E-state index contributed by atoms with van der Waals surface area (Å²) in [5.41, 5.74) is 0. The summed E-state index contributed by atoms with van der Waals surface area (Å²) in [6.07, 6.45) is 0. The lowest BCUT2D eigenvalue weighted by Gasteiger charge is -2.05. The van der Waals surface area contributed by atoms with Crippen LogP contribution in [0.1, 0.15) is 13.8 Å². The molecule has 0 fully saturated rings. The van der Waals surface area contributed by atoms with E-state index in [9.17, 15) is 0 Å². The average molecular weight is 229 g/mol. The van der Waals surface area contributed by atoms with Gasteiger partial charge < -0.3 is 20.2 Å². The molecule has 5 nitrogen and oxygen atoms in total. The first-order valence-electron chi connectivity index (χ1n) is 5.04. The summed E-state index contributed by atoms with van der Waals surface area (Å²) >= 11 is 0. The molecule has 5 heteroatoms. The molecular weight excluding hydrogens is 210 g/mol. The van der Waals surface area contributed by atoms with Gasteiger partial charge >= 0.3 is 0 Å². The molecular formula is C11H19NO4. The number of benzene rings is 1. The molecule has 16 heavy (non-hydrogen) atoms. The molecule has 92 valence electrons. The second-order valence-electron chi connectivity index (χ2n) is 3.00. The summed E-state index contributed by atoms with van der Waals surface area (Å²) in [7, 11) is 1.43. The number of rotatable bonds is 3. The van der Waals surface area contributed by atoms with Gasteiger partial charge in [0.1, 0.15) is 5.75 Å². The van der Waals surface area contributed by atoms with E-state index in [0.29, 0.717) is 0 Å². The van der Waals surface area contributed by atoms with E-state index in [0.717, 1.165) is 13.1 Å². The van der Waals surface area contributed by atoms with Crippen molar-refractivity contribution in [2.45, 2.75) is 13.8 Å². The van der Waals surface area contributed by atoms with E-state index >= 15 is 0 Å². The molecule has 0 spiro atoms. The zero-order valence-electron chi connectivity index (χ0n) is 9.84. The largest absolute Gasteiger partial charge is 0.508 e. The van der Waals surface area contributed by atoms with Gasteiger partial charge in [0.25, 0.3) is 0 Å². The highest BCUT2D eigenvalue weighted by Gasteiger charge is 1.99. The molecule has 0 unspecified atom stereocenters. The van der Waals surface area contributed by atoms with Crippen molar-refractivity contribution in [1.82, 2.24) is 5.06 Å². The summed E-state index contributed by atoms with van der Waals surface area (Å²) in [6.45, 7) is 5.25. The number of hydrogen-bond donors (Lipinski definition) is 3. The van der Waals surface area contributed by atoms with Gasteiger partial charge in [0.2, 0.25) is 0 Å². The van der Waals surface area contributed by atoms with E-state index in [1.165, 1.54) is 30.4 Å². The van der Waals surface area contributed by atoms with Crippen LogP contribution in [0.25, 0.3) is 0 Å². The van der Waals surface area contributed by atoms with Crippen LogP contribution in [-0.4, -0.2) is 40.7 Å². The molecule has 0 amide bonds. The van der Waals surface area contributed by atoms with Gasteiger partial charge in [-0.05, 0) is 12.1 Å². The zero-order valence-corrected chi connectivity index (χ0v) is 9.84. The Morgan fingerprint density at radius 3 is 2.06 bits per heavy atom. The van der Waals surface area contributed by atoms with Gasteiger partial charge in [0, 0.05) is 19.2 Å². The Hall–Kier alpha value is -1.46. The van der Waals surface area contributed by atoms with Crippen molar-refractivity contribution in [2.75, 3.05) is 20.2 Å².